The Kier molecular flexibility index (Phi) is 4.66. The Morgan fingerprint density at radius 1 is 1.21 bits per heavy atom. The third kappa shape index (κ3) is 3.61. The summed E-state index contributed by atoms with van der Waals surface area (Å²) in [4.78, 5) is 13.3. The summed E-state index contributed by atoms with van der Waals surface area (Å²) in [6, 6.07) is 0. The molecule has 2 aromatic heterocycles. The standard InChI is InChI=1S/C9H11N5O2S3/c1-4-16-6(15)5-10-12-8(17-5)19-9-13-11-7(18-9)14(2)3/h4H2,1-3H3. The van der Waals surface area contributed by atoms with Gasteiger partial charge in [-0.1, -0.05) is 22.7 Å². The maximum atomic E-state index is 11.4. The van der Waals surface area contributed by atoms with Crippen LogP contribution in [0, 0.1) is 0 Å². The number of rotatable bonds is 5. The van der Waals surface area contributed by atoms with E-state index in [-0.39, 0.29) is 5.01 Å². The molecule has 0 aliphatic heterocycles. The molecule has 0 aromatic carbocycles. The second kappa shape index (κ2) is 6.26. The van der Waals surface area contributed by atoms with Crippen LogP contribution in [-0.4, -0.2) is 47.1 Å². The Hall–Kier alpha value is -1.26. The SMILES string of the molecule is CCOC(=O)c1nnc(Sc2nnc(N(C)C)s2)s1. The van der Waals surface area contributed by atoms with Crippen molar-refractivity contribution in [3.8, 4) is 0 Å². The highest BCUT2D eigenvalue weighted by atomic mass is 32.2. The zero-order valence-corrected chi connectivity index (χ0v) is 12.9. The first kappa shape index (κ1) is 14.2. The Labute approximate surface area is 122 Å². The molecule has 0 unspecified atom stereocenters. The fraction of sp³-hybridized carbons (Fsp3) is 0.444. The van der Waals surface area contributed by atoms with Gasteiger partial charge in [-0.15, -0.1) is 20.4 Å². The highest BCUT2D eigenvalue weighted by Crippen LogP contribution is 2.34. The first-order chi connectivity index (χ1) is 9.10. The summed E-state index contributed by atoms with van der Waals surface area (Å²) in [5, 5.41) is 16.8. The summed E-state index contributed by atoms with van der Waals surface area (Å²) in [7, 11) is 3.80. The molecule has 10 heteroatoms. The average molecular weight is 317 g/mol. The molecule has 2 aromatic rings. The number of carbonyl (C=O) groups is 1. The van der Waals surface area contributed by atoms with Gasteiger partial charge < -0.3 is 9.64 Å². The van der Waals surface area contributed by atoms with Crippen LogP contribution in [0.4, 0.5) is 5.13 Å². The molecule has 0 radical (unpaired) electrons. The lowest BCUT2D eigenvalue weighted by Gasteiger charge is -2.03. The van der Waals surface area contributed by atoms with Crippen molar-refractivity contribution in [2.45, 2.75) is 15.6 Å². The molecule has 19 heavy (non-hydrogen) atoms. The molecule has 2 heterocycles. The minimum absolute atomic E-state index is 0.252. The summed E-state index contributed by atoms with van der Waals surface area (Å²) in [5.74, 6) is -0.446. The van der Waals surface area contributed by atoms with Crippen LogP contribution in [0.2, 0.25) is 0 Å². The molecule has 0 amide bonds. The second-order valence-corrected chi connectivity index (χ2v) is 6.87. The lowest BCUT2D eigenvalue weighted by atomic mass is 10.7. The summed E-state index contributed by atoms with van der Waals surface area (Å²) < 4.78 is 6.26. The van der Waals surface area contributed by atoms with E-state index in [4.69, 9.17) is 4.74 Å². The monoisotopic (exact) mass is 317 g/mol. The first-order valence-corrected chi connectivity index (χ1v) is 7.74. The zero-order chi connectivity index (χ0) is 13.8. The van der Waals surface area contributed by atoms with Crippen LogP contribution in [0.5, 0.6) is 0 Å². The van der Waals surface area contributed by atoms with Crippen LogP contribution >= 0.6 is 34.4 Å². The first-order valence-electron chi connectivity index (χ1n) is 5.29. The van der Waals surface area contributed by atoms with E-state index in [2.05, 4.69) is 20.4 Å². The van der Waals surface area contributed by atoms with E-state index in [0.717, 1.165) is 9.47 Å². The number of hydrogen-bond donors (Lipinski definition) is 0. The molecule has 102 valence electrons. The maximum absolute atomic E-state index is 11.4. The zero-order valence-electron chi connectivity index (χ0n) is 10.5. The highest BCUT2D eigenvalue weighted by Gasteiger charge is 2.16. The summed E-state index contributed by atoms with van der Waals surface area (Å²) >= 11 is 3.98. The Bertz CT molecular complexity index is 568. The number of ether oxygens (including phenoxy) is 1. The van der Waals surface area contributed by atoms with Crippen LogP contribution in [0.15, 0.2) is 8.68 Å². The molecule has 0 saturated heterocycles. The van der Waals surface area contributed by atoms with Gasteiger partial charge in [0.05, 0.1) is 6.61 Å². The number of aromatic nitrogens is 4. The third-order valence-corrected chi connectivity index (χ3v) is 4.91. The lowest BCUT2D eigenvalue weighted by Crippen LogP contribution is -2.07. The van der Waals surface area contributed by atoms with Crippen molar-refractivity contribution in [3.05, 3.63) is 5.01 Å². The fourth-order valence-electron chi connectivity index (χ4n) is 1.03. The number of hydrogen-bond acceptors (Lipinski definition) is 10. The van der Waals surface area contributed by atoms with Gasteiger partial charge in [0.15, 0.2) is 8.68 Å². The van der Waals surface area contributed by atoms with Crippen LogP contribution in [0.1, 0.15) is 16.7 Å². The molecule has 0 bridgehead atoms. The van der Waals surface area contributed by atoms with Gasteiger partial charge in [-0.05, 0) is 18.7 Å². The summed E-state index contributed by atoms with van der Waals surface area (Å²) in [5.41, 5.74) is 0. The van der Waals surface area contributed by atoms with Crippen molar-refractivity contribution in [2.75, 3.05) is 25.6 Å². The van der Waals surface area contributed by atoms with Crippen molar-refractivity contribution >= 4 is 45.5 Å². The molecule has 0 aliphatic carbocycles. The van der Waals surface area contributed by atoms with E-state index in [1.165, 1.54) is 34.4 Å². The molecular weight excluding hydrogens is 306 g/mol. The molecule has 0 aliphatic rings. The van der Waals surface area contributed by atoms with Crippen molar-refractivity contribution in [3.63, 3.8) is 0 Å². The minimum Gasteiger partial charge on any atom is -0.461 e. The Morgan fingerprint density at radius 2 is 1.89 bits per heavy atom. The van der Waals surface area contributed by atoms with E-state index >= 15 is 0 Å². The predicted molar refractivity (Wildman–Crippen MR) is 74.2 cm³/mol. The molecule has 2 rings (SSSR count). The van der Waals surface area contributed by atoms with Crippen LogP contribution in [0.25, 0.3) is 0 Å². The van der Waals surface area contributed by atoms with Crippen molar-refractivity contribution in [2.24, 2.45) is 0 Å². The average Bonchev–Trinajstić information content (AvgIpc) is 2.99. The van der Waals surface area contributed by atoms with E-state index < -0.39 is 5.97 Å². The molecule has 7 nitrogen and oxygen atoms in total. The largest absolute Gasteiger partial charge is 0.461 e. The summed E-state index contributed by atoms with van der Waals surface area (Å²) in [6.07, 6.45) is 0. The van der Waals surface area contributed by atoms with Gasteiger partial charge in [0.2, 0.25) is 10.1 Å². The molecular formula is C9H11N5O2S3. The van der Waals surface area contributed by atoms with Crippen LogP contribution in [0.3, 0.4) is 0 Å². The van der Waals surface area contributed by atoms with Gasteiger partial charge in [0.25, 0.3) is 0 Å². The molecule has 0 fully saturated rings. The van der Waals surface area contributed by atoms with Gasteiger partial charge in [-0.3, -0.25) is 0 Å². The molecule has 0 atom stereocenters. The molecule has 0 saturated carbocycles. The molecule has 0 spiro atoms. The lowest BCUT2D eigenvalue weighted by molar-refractivity contribution is 0.0525. The van der Waals surface area contributed by atoms with E-state index in [1.807, 2.05) is 19.0 Å². The minimum atomic E-state index is -0.446. The van der Waals surface area contributed by atoms with Gasteiger partial charge in [0.1, 0.15) is 0 Å². The fourth-order valence-corrected chi connectivity index (χ4v) is 3.74. The van der Waals surface area contributed by atoms with Crippen molar-refractivity contribution in [1.82, 2.24) is 20.4 Å². The van der Waals surface area contributed by atoms with E-state index in [9.17, 15) is 4.79 Å². The predicted octanol–water partition coefficient (Wildman–Crippen LogP) is 1.78. The number of esters is 1. The number of carbonyl (C=O) groups excluding carboxylic acids is 1. The van der Waals surface area contributed by atoms with Crippen molar-refractivity contribution in [1.29, 1.82) is 0 Å². The number of anilines is 1. The third-order valence-electron chi connectivity index (χ3n) is 1.81. The smallest absolute Gasteiger partial charge is 0.369 e. The Morgan fingerprint density at radius 3 is 2.53 bits per heavy atom. The summed E-state index contributed by atoms with van der Waals surface area (Å²) in [6.45, 7) is 2.07. The Balaban J connectivity index is 2.04. The molecule has 0 N–H and O–H groups in total. The second-order valence-electron chi connectivity index (χ2n) is 3.44. The quantitative estimate of drug-likeness (QED) is 0.772. The number of nitrogens with zero attached hydrogens (tertiary/aromatic N) is 5. The van der Waals surface area contributed by atoms with Gasteiger partial charge in [-0.25, -0.2) is 4.79 Å². The van der Waals surface area contributed by atoms with Crippen LogP contribution in [-0.2, 0) is 4.74 Å². The maximum Gasteiger partial charge on any atom is 0.369 e. The van der Waals surface area contributed by atoms with Gasteiger partial charge >= 0.3 is 5.97 Å². The van der Waals surface area contributed by atoms with Crippen LogP contribution < -0.4 is 4.90 Å². The van der Waals surface area contributed by atoms with Gasteiger partial charge in [-0.2, -0.15) is 0 Å². The normalized spacial score (nSPS) is 10.5. The highest BCUT2D eigenvalue weighted by molar-refractivity contribution is 8.02. The van der Waals surface area contributed by atoms with Gasteiger partial charge in [0, 0.05) is 14.1 Å². The van der Waals surface area contributed by atoms with E-state index in [0.29, 0.717) is 10.9 Å². The van der Waals surface area contributed by atoms with E-state index in [1.54, 1.807) is 6.92 Å². The van der Waals surface area contributed by atoms with Crippen molar-refractivity contribution < 1.29 is 9.53 Å². The topological polar surface area (TPSA) is 81.1 Å².